The van der Waals surface area contributed by atoms with E-state index in [0.717, 1.165) is 29.8 Å². The number of fused-ring (bicyclic) bond motifs is 1. The molecule has 0 radical (unpaired) electrons. The van der Waals surface area contributed by atoms with Gasteiger partial charge in [-0.2, -0.15) is 16.7 Å². The first-order chi connectivity index (χ1) is 8.83. The Morgan fingerprint density at radius 3 is 3.00 bits per heavy atom. The smallest absolute Gasteiger partial charge is 0.243 e. The van der Waals surface area contributed by atoms with Gasteiger partial charge in [0.2, 0.25) is 5.95 Å². The minimum Gasteiger partial charge on any atom is -0.353 e. The van der Waals surface area contributed by atoms with E-state index in [1.807, 2.05) is 29.6 Å². The van der Waals surface area contributed by atoms with E-state index < -0.39 is 0 Å². The largest absolute Gasteiger partial charge is 0.353 e. The Labute approximate surface area is 111 Å². The monoisotopic (exact) mass is 262 g/mol. The van der Waals surface area contributed by atoms with Gasteiger partial charge in [0.05, 0.1) is 0 Å². The van der Waals surface area contributed by atoms with E-state index in [0.29, 0.717) is 0 Å². The van der Waals surface area contributed by atoms with Crippen molar-refractivity contribution in [3.63, 3.8) is 0 Å². The van der Waals surface area contributed by atoms with Crippen LogP contribution in [0.1, 0.15) is 18.5 Å². The summed E-state index contributed by atoms with van der Waals surface area (Å²) in [5.41, 5.74) is 2.03. The summed E-state index contributed by atoms with van der Waals surface area (Å²) in [6.45, 7) is 3.04. The number of anilines is 1. The normalized spacial score (nSPS) is 17.2. The molecule has 5 heteroatoms. The van der Waals surface area contributed by atoms with Gasteiger partial charge >= 0.3 is 0 Å². The Bertz CT molecular complexity index is 531. The van der Waals surface area contributed by atoms with Gasteiger partial charge in [-0.15, -0.1) is 5.10 Å². The summed E-state index contributed by atoms with van der Waals surface area (Å²) in [7, 11) is 0. The van der Waals surface area contributed by atoms with Crippen LogP contribution >= 0.6 is 11.8 Å². The van der Waals surface area contributed by atoms with Crippen LogP contribution < -0.4 is 5.32 Å². The average molecular weight is 262 g/mol. The molecule has 0 atom stereocenters. The van der Waals surface area contributed by atoms with Crippen molar-refractivity contribution in [1.82, 2.24) is 14.6 Å². The molecule has 18 heavy (non-hydrogen) atoms. The Kier molecular flexibility index (Phi) is 3.41. The summed E-state index contributed by atoms with van der Waals surface area (Å²) >= 11 is 2.06. The molecule has 1 N–H and O–H groups in total. The molecular weight excluding hydrogens is 244 g/mol. The SMILES string of the molecule is Cc1cccc2nc(NCC3CCSCC3)nn12. The number of aromatic nitrogens is 3. The van der Waals surface area contributed by atoms with E-state index in [2.05, 4.69) is 27.2 Å². The molecule has 0 aromatic carbocycles. The second kappa shape index (κ2) is 5.18. The minimum atomic E-state index is 0.752. The minimum absolute atomic E-state index is 0.752. The van der Waals surface area contributed by atoms with Crippen molar-refractivity contribution in [1.29, 1.82) is 0 Å². The third-order valence-corrected chi connectivity index (χ3v) is 4.49. The number of hydrogen-bond donors (Lipinski definition) is 1. The van der Waals surface area contributed by atoms with E-state index in [1.165, 1.54) is 24.3 Å². The maximum absolute atomic E-state index is 4.49. The molecule has 2 aromatic rings. The molecular formula is C13H18N4S. The molecule has 96 valence electrons. The first-order valence-electron chi connectivity index (χ1n) is 6.47. The summed E-state index contributed by atoms with van der Waals surface area (Å²) in [4.78, 5) is 4.49. The van der Waals surface area contributed by atoms with Crippen molar-refractivity contribution in [2.24, 2.45) is 5.92 Å². The van der Waals surface area contributed by atoms with E-state index in [-0.39, 0.29) is 0 Å². The van der Waals surface area contributed by atoms with Gasteiger partial charge in [-0.25, -0.2) is 4.52 Å². The van der Waals surface area contributed by atoms with Crippen LogP contribution in [0.15, 0.2) is 18.2 Å². The summed E-state index contributed by atoms with van der Waals surface area (Å²) in [5, 5.41) is 7.86. The molecule has 0 spiro atoms. The summed E-state index contributed by atoms with van der Waals surface area (Å²) in [5.74, 6) is 4.12. The van der Waals surface area contributed by atoms with Crippen molar-refractivity contribution in [2.45, 2.75) is 19.8 Å². The molecule has 0 amide bonds. The van der Waals surface area contributed by atoms with Gasteiger partial charge < -0.3 is 5.32 Å². The number of thioether (sulfide) groups is 1. The Hall–Kier alpha value is -1.23. The van der Waals surface area contributed by atoms with Crippen LogP contribution in [0.4, 0.5) is 5.95 Å². The van der Waals surface area contributed by atoms with Crippen LogP contribution in [0, 0.1) is 12.8 Å². The average Bonchev–Trinajstić information content (AvgIpc) is 2.82. The van der Waals surface area contributed by atoms with E-state index >= 15 is 0 Å². The molecule has 2 aromatic heterocycles. The highest BCUT2D eigenvalue weighted by Gasteiger charge is 2.14. The van der Waals surface area contributed by atoms with Crippen molar-refractivity contribution < 1.29 is 0 Å². The van der Waals surface area contributed by atoms with Crippen LogP contribution in [0.5, 0.6) is 0 Å². The van der Waals surface area contributed by atoms with Crippen LogP contribution in [0.2, 0.25) is 0 Å². The summed E-state index contributed by atoms with van der Waals surface area (Å²) in [6.07, 6.45) is 2.62. The Morgan fingerprint density at radius 2 is 2.22 bits per heavy atom. The quantitative estimate of drug-likeness (QED) is 0.923. The molecule has 3 heterocycles. The van der Waals surface area contributed by atoms with E-state index in [1.54, 1.807) is 0 Å². The fourth-order valence-electron chi connectivity index (χ4n) is 2.30. The third-order valence-electron chi connectivity index (χ3n) is 3.44. The molecule has 1 aliphatic rings. The number of rotatable bonds is 3. The van der Waals surface area contributed by atoms with Crippen LogP contribution in [-0.2, 0) is 0 Å². The van der Waals surface area contributed by atoms with Crippen molar-refractivity contribution >= 4 is 23.4 Å². The molecule has 0 saturated carbocycles. The lowest BCUT2D eigenvalue weighted by atomic mass is 10.0. The molecule has 0 bridgehead atoms. The molecule has 1 fully saturated rings. The van der Waals surface area contributed by atoms with E-state index in [9.17, 15) is 0 Å². The van der Waals surface area contributed by atoms with Crippen molar-refractivity contribution in [2.75, 3.05) is 23.4 Å². The molecule has 3 rings (SSSR count). The summed E-state index contributed by atoms with van der Waals surface area (Å²) < 4.78 is 1.89. The first kappa shape index (κ1) is 11.8. The maximum atomic E-state index is 4.49. The lowest BCUT2D eigenvalue weighted by molar-refractivity contribution is 0.515. The maximum Gasteiger partial charge on any atom is 0.243 e. The van der Waals surface area contributed by atoms with Crippen molar-refractivity contribution in [3.05, 3.63) is 23.9 Å². The highest BCUT2D eigenvalue weighted by atomic mass is 32.2. The standard InChI is InChI=1S/C13H18N4S/c1-10-3-2-4-12-15-13(16-17(10)12)14-9-11-5-7-18-8-6-11/h2-4,11H,5-9H2,1H3,(H,14,16). The predicted molar refractivity (Wildman–Crippen MR) is 76.3 cm³/mol. The van der Waals surface area contributed by atoms with Crippen molar-refractivity contribution in [3.8, 4) is 0 Å². The topological polar surface area (TPSA) is 42.2 Å². The first-order valence-corrected chi connectivity index (χ1v) is 7.62. The second-order valence-electron chi connectivity index (χ2n) is 4.81. The number of aryl methyl sites for hydroxylation is 1. The van der Waals surface area contributed by atoms with Gasteiger partial charge in [0.15, 0.2) is 5.65 Å². The summed E-state index contributed by atoms with van der Waals surface area (Å²) in [6, 6.07) is 6.05. The van der Waals surface area contributed by atoms with Crippen LogP contribution in [0.3, 0.4) is 0 Å². The zero-order valence-electron chi connectivity index (χ0n) is 10.6. The number of nitrogens with one attached hydrogen (secondary N) is 1. The van der Waals surface area contributed by atoms with Gasteiger partial charge in [0, 0.05) is 12.2 Å². The van der Waals surface area contributed by atoms with E-state index in [4.69, 9.17) is 0 Å². The highest BCUT2D eigenvalue weighted by molar-refractivity contribution is 7.99. The predicted octanol–water partition coefficient (Wildman–Crippen LogP) is 2.59. The number of hydrogen-bond acceptors (Lipinski definition) is 4. The second-order valence-corrected chi connectivity index (χ2v) is 6.03. The number of pyridine rings is 1. The van der Waals surface area contributed by atoms with Gasteiger partial charge in [-0.1, -0.05) is 6.07 Å². The van der Waals surface area contributed by atoms with Crippen LogP contribution in [-0.4, -0.2) is 32.6 Å². The molecule has 1 aliphatic heterocycles. The lowest BCUT2D eigenvalue weighted by Gasteiger charge is -2.20. The zero-order chi connectivity index (χ0) is 12.4. The zero-order valence-corrected chi connectivity index (χ0v) is 11.4. The van der Waals surface area contributed by atoms with Gasteiger partial charge in [0.25, 0.3) is 0 Å². The van der Waals surface area contributed by atoms with Crippen LogP contribution in [0.25, 0.3) is 5.65 Å². The fraction of sp³-hybridized carbons (Fsp3) is 0.538. The Morgan fingerprint density at radius 1 is 1.39 bits per heavy atom. The Balaban J connectivity index is 1.69. The molecule has 1 saturated heterocycles. The van der Waals surface area contributed by atoms with Gasteiger partial charge in [-0.3, -0.25) is 0 Å². The molecule has 0 aliphatic carbocycles. The fourth-order valence-corrected chi connectivity index (χ4v) is 3.50. The lowest BCUT2D eigenvalue weighted by Crippen LogP contribution is -2.19. The highest BCUT2D eigenvalue weighted by Crippen LogP contribution is 2.22. The number of nitrogens with zero attached hydrogens (tertiary/aromatic N) is 3. The molecule has 4 nitrogen and oxygen atoms in total. The third kappa shape index (κ3) is 2.46. The van der Waals surface area contributed by atoms with Gasteiger partial charge in [0.1, 0.15) is 0 Å². The molecule has 0 unspecified atom stereocenters. The van der Waals surface area contributed by atoms with Gasteiger partial charge in [-0.05, 0) is 49.3 Å².